The molecule has 0 unspecified atom stereocenters. The quantitative estimate of drug-likeness (QED) is 0.328. The van der Waals surface area contributed by atoms with Gasteiger partial charge in [0.25, 0.3) is 0 Å². The monoisotopic (exact) mass is 186 g/mol. The number of nitrogens with zero attached hydrogens (tertiary/aromatic N) is 3. The Labute approximate surface area is 82.6 Å². The van der Waals surface area contributed by atoms with Gasteiger partial charge in [-0.25, -0.2) is 0 Å². The molecule has 70 valence electrons. The molecule has 1 N–H and O–H groups in total. The van der Waals surface area contributed by atoms with E-state index in [1.165, 1.54) is 0 Å². The van der Waals surface area contributed by atoms with Crippen LogP contribution in [-0.2, 0) is 0 Å². The highest BCUT2D eigenvalue weighted by Gasteiger charge is 1.88. The highest BCUT2D eigenvalue weighted by molar-refractivity contribution is 5.49. The Morgan fingerprint density at radius 2 is 2.43 bits per heavy atom. The van der Waals surface area contributed by atoms with Gasteiger partial charge in [-0.05, 0) is 23.7 Å². The van der Waals surface area contributed by atoms with Crippen LogP contribution in [0.25, 0.3) is 10.4 Å². The molecule has 1 rings (SSSR count). The Kier molecular flexibility index (Phi) is 3.93. The van der Waals surface area contributed by atoms with Crippen molar-refractivity contribution < 1.29 is 0 Å². The predicted octanol–water partition coefficient (Wildman–Crippen LogP) is 2.39. The first-order chi connectivity index (χ1) is 6.86. The first kappa shape index (κ1) is 9.97. The van der Waals surface area contributed by atoms with Crippen molar-refractivity contribution in [3.05, 3.63) is 40.3 Å². The molecule has 0 saturated heterocycles. The van der Waals surface area contributed by atoms with Crippen LogP contribution in [0.2, 0.25) is 0 Å². The van der Waals surface area contributed by atoms with Crippen molar-refractivity contribution in [1.29, 1.82) is 0 Å². The summed E-state index contributed by atoms with van der Waals surface area (Å²) in [6, 6.07) is 7.72. The van der Waals surface area contributed by atoms with Crippen LogP contribution in [0.5, 0.6) is 0 Å². The number of anilines is 1. The first-order valence-corrected chi connectivity index (χ1v) is 4.14. The number of hydrogen-bond donors (Lipinski definition) is 1. The van der Waals surface area contributed by atoms with Gasteiger partial charge in [-0.1, -0.05) is 23.0 Å². The minimum atomic E-state index is 0.209. The van der Waals surface area contributed by atoms with Crippen LogP contribution in [0.15, 0.2) is 29.4 Å². The fourth-order valence-electron chi connectivity index (χ4n) is 0.961. The van der Waals surface area contributed by atoms with E-state index in [9.17, 15) is 0 Å². The minimum absolute atomic E-state index is 0.209. The molecule has 4 nitrogen and oxygen atoms in total. The Hall–Kier alpha value is -2.11. The fraction of sp³-hybridized carbons (Fsp3) is 0.200. The van der Waals surface area contributed by atoms with E-state index in [1.54, 1.807) is 0 Å². The molecule has 0 fully saturated rings. The Morgan fingerprint density at radius 1 is 1.57 bits per heavy atom. The molecule has 1 aromatic carbocycles. The average molecular weight is 186 g/mol. The van der Waals surface area contributed by atoms with Crippen LogP contribution in [-0.4, -0.2) is 13.6 Å². The molecule has 0 aliphatic rings. The summed E-state index contributed by atoms with van der Waals surface area (Å²) in [5.74, 6) is 5.66. The summed E-state index contributed by atoms with van der Waals surface area (Å²) < 4.78 is 0. The van der Waals surface area contributed by atoms with Gasteiger partial charge < -0.3 is 5.32 Å². The van der Waals surface area contributed by atoms with E-state index < -0.39 is 0 Å². The van der Waals surface area contributed by atoms with Crippen LogP contribution in [0.4, 0.5) is 5.69 Å². The summed E-state index contributed by atoms with van der Waals surface area (Å²) in [4.78, 5) is 2.61. The van der Waals surface area contributed by atoms with Gasteiger partial charge in [0, 0.05) is 23.2 Å². The van der Waals surface area contributed by atoms with E-state index in [4.69, 9.17) is 5.53 Å². The van der Waals surface area contributed by atoms with Gasteiger partial charge in [-0.3, -0.25) is 0 Å². The normalized spacial score (nSPS) is 8.07. The molecule has 0 bridgehead atoms. The lowest BCUT2D eigenvalue weighted by Gasteiger charge is -1.98. The molecule has 0 aliphatic heterocycles. The molecule has 0 aliphatic carbocycles. The molecule has 4 heteroatoms. The summed E-state index contributed by atoms with van der Waals surface area (Å²) in [6.07, 6.45) is 0. The lowest BCUT2D eigenvalue weighted by atomic mass is 10.2. The van der Waals surface area contributed by atoms with Crippen LogP contribution >= 0.6 is 0 Å². The molecule has 0 atom stereocenters. The summed E-state index contributed by atoms with van der Waals surface area (Å²) in [5, 5.41) is 6.34. The van der Waals surface area contributed by atoms with Gasteiger partial charge in [0.05, 0.1) is 6.54 Å². The van der Waals surface area contributed by atoms with Crippen LogP contribution < -0.4 is 5.32 Å². The van der Waals surface area contributed by atoms with Gasteiger partial charge in [-0.2, -0.15) is 0 Å². The second kappa shape index (κ2) is 5.52. The standard InChI is InChI=1S/C10H10N4/c1-12-10-6-2-4-9(8-10)5-3-7-13-14-11/h2,4,6,8,12H,7H2,1H3. The topological polar surface area (TPSA) is 60.8 Å². The molecule has 0 spiro atoms. The SMILES string of the molecule is CNc1cccc(C#CCN=[N+]=[N-])c1. The third kappa shape index (κ3) is 3.10. The van der Waals surface area contributed by atoms with Gasteiger partial charge >= 0.3 is 0 Å². The zero-order chi connectivity index (χ0) is 10.2. The van der Waals surface area contributed by atoms with Crippen molar-refractivity contribution in [2.45, 2.75) is 0 Å². The van der Waals surface area contributed by atoms with Gasteiger partial charge in [0.15, 0.2) is 0 Å². The highest BCUT2D eigenvalue weighted by Crippen LogP contribution is 2.07. The van der Waals surface area contributed by atoms with E-state index in [0.717, 1.165) is 11.3 Å². The highest BCUT2D eigenvalue weighted by atomic mass is 15.1. The van der Waals surface area contributed by atoms with E-state index >= 15 is 0 Å². The van der Waals surface area contributed by atoms with Crippen molar-refractivity contribution >= 4 is 5.69 Å². The Balaban J connectivity index is 2.73. The Morgan fingerprint density at radius 3 is 3.14 bits per heavy atom. The van der Waals surface area contributed by atoms with E-state index in [0.29, 0.717) is 0 Å². The summed E-state index contributed by atoms with van der Waals surface area (Å²) in [7, 11) is 1.85. The second-order valence-electron chi connectivity index (χ2n) is 2.52. The molecule has 0 heterocycles. The smallest absolute Gasteiger partial charge is 0.0880 e. The molecule has 14 heavy (non-hydrogen) atoms. The third-order valence-corrected chi connectivity index (χ3v) is 1.60. The maximum absolute atomic E-state index is 8.03. The van der Waals surface area contributed by atoms with Crippen molar-refractivity contribution in [2.24, 2.45) is 5.11 Å². The number of hydrogen-bond acceptors (Lipinski definition) is 2. The molecule has 1 aromatic rings. The maximum Gasteiger partial charge on any atom is 0.0880 e. The van der Waals surface area contributed by atoms with E-state index in [1.807, 2.05) is 31.3 Å². The van der Waals surface area contributed by atoms with Crippen molar-refractivity contribution in [1.82, 2.24) is 0 Å². The fourth-order valence-corrected chi connectivity index (χ4v) is 0.961. The average Bonchev–Trinajstić information content (AvgIpc) is 2.25. The van der Waals surface area contributed by atoms with Crippen LogP contribution in [0.3, 0.4) is 0 Å². The lowest BCUT2D eigenvalue weighted by molar-refractivity contribution is 1.25. The lowest BCUT2D eigenvalue weighted by Crippen LogP contribution is -1.87. The number of nitrogens with one attached hydrogen (secondary N) is 1. The molecular weight excluding hydrogens is 176 g/mol. The predicted molar refractivity (Wildman–Crippen MR) is 56.9 cm³/mol. The number of rotatable bonds is 2. The summed E-state index contributed by atoms with van der Waals surface area (Å²) >= 11 is 0. The minimum Gasteiger partial charge on any atom is -0.388 e. The molecule has 0 saturated carbocycles. The second-order valence-corrected chi connectivity index (χ2v) is 2.52. The van der Waals surface area contributed by atoms with Crippen molar-refractivity contribution in [3.63, 3.8) is 0 Å². The Bertz CT molecular complexity index is 408. The van der Waals surface area contributed by atoms with Gasteiger partial charge in [0.1, 0.15) is 0 Å². The molecule has 0 amide bonds. The van der Waals surface area contributed by atoms with Gasteiger partial charge in [0.2, 0.25) is 0 Å². The largest absolute Gasteiger partial charge is 0.388 e. The maximum atomic E-state index is 8.03. The van der Waals surface area contributed by atoms with E-state index in [2.05, 4.69) is 27.2 Å². The van der Waals surface area contributed by atoms with Crippen LogP contribution in [0.1, 0.15) is 5.56 Å². The van der Waals surface area contributed by atoms with Crippen molar-refractivity contribution in [2.75, 3.05) is 18.9 Å². The third-order valence-electron chi connectivity index (χ3n) is 1.60. The number of azide groups is 1. The molecular formula is C10H10N4. The molecule has 0 radical (unpaired) electrons. The zero-order valence-electron chi connectivity index (χ0n) is 7.86. The summed E-state index contributed by atoms with van der Waals surface area (Å²) in [5.41, 5.74) is 9.95. The van der Waals surface area contributed by atoms with Crippen molar-refractivity contribution in [3.8, 4) is 11.8 Å². The van der Waals surface area contributed by atoms with E-state index in [-0.39, 0.29) is 6.54 Å². The molecule has 0 aromatic heterocycles. The van der Waals surface area contributed by atoms with Crippen LogP contribution in [0, 0.1) is 11.8 Å². The summed E-state index contributed by atoms with van der Waals surface area (Å²) in [6.45, 7) is 0.209. The van der Waals surface area contributed by atoms with Gasteiger partial charge in [-0.15, -0.1) is 0 Å². The zero-order valence-corrected chi connectivity index (χ0v) is 7.86. The first-order valence-electron chi connectivity index (χ1n) is 4.14. The number of benzene rings is 1.